The number of nitrogens with zero attached hydrogens (tertiary/aromatic N) is 1. The van der Waals surface area contributed by atoms with E-state index in [1.807, 2.05) is 6.92 Å². The number of hydrogen-bond donors (Lipinski definition) is 2. The zero-order valence-corrected chi connectivity index (χ0v) is 15.5. The molecule has 2 N–H and O–H groups in total. The van der Waals surface area contributed by atoms with Crippen molar-refractivity contribution in [2.24, 2.45) is 0 Å². The van der Waals surface area contributed by atoms with Gasteiger partial charge in [-0.25, -0.2) is 0 Å². The molecule has 2 amide bonds. The van der Waals surface area contributed by atoms with Gasteiger partial charge in [0.05, 0.1) is 20.2 Å². The van der Waals surface area contributed by atoms with Crippen LogP contribution < -0.4 is 15.4 Å². The number of ether oxygens (including phenoxy) is 1. The van der Waals surface area contributed by atoms with Gasteiger partial charge in [0.15, 0.2) is 0 Å². The molecule has 0 aliphatic heterocycles. The van der Waals surface area contributed by atoms with Crippen molar-refractivity contribution < 1.29 is 14.3 Å². The molecule has 0 aliphatic carbocycles. The predicted octanol–water partition coefficient (Wildman–Crippen LogP) is 3.25. The molecule has 2 rings (SSSR count). The molecule has 0 saturated carbocycles. The summed E-state index contributed by atoms with van der Waals surface area (Å²) in [5, 5.41) is 6.19. The van der Waals surface area contributed by atoms with Crippen molar-refractivity contribution in [2.45, 2.75) is 6.92 Å². The van der Waals surface area contributed by atoms with E-state index in [0.29, 0.717) is 28.7 Å². The minimum atomic E-state index is -0.195. The number of carbonyl (C=O) groups excluding carboxylic acids is 2. The van der Waals surface area contributed by atoms with Gasteiger partial charge in [-0.05, 0) is 42.9 Å². The van der Waals surface area contributed by atoms with Gasteiger partial charge in [-0.3, -0.25) is 14.5 Å². The topological polar surface area (TPSA) is 70.7 Å². The first-order chi connectivity index (χ1) is 12.5. The molecule has 6 nitrogen and oxygen atoms in total. The Bertz CT molecular complexity index is 750. The number of halogens is 1. The molecule has 0 atom stereocenters. The Hall–Kier alpha value is -2.57. The Balaban J connectivity index is 1.86. The Morgan fingerprint density at radius 3 is 2.19 bits per heavy atom. The molecular weight excluding hydrogens is 354 g/mol. The van der Waals surface area contributed by atoms with E-state index in [9.17, 15) is 9.59 Å². The van der Waals surface area contributed by atoms with Crippen LogP contribution in [0.25, 0.3) is 0 Å². The molecule has 0 unspecified atom stereocenters. The molecule has 0 radical (unpaired) electrons. The molecule has 0 bridgehead atoms. The van der Waals surface area contributed by atoms with Crippen LogP contribution in [0.1, 0.15) is 6.92 Å². The van der Waals surface area contributed by atoms with Crippen LogP contribution in [0.4, 0.5) is 11.4 Å². The molecule has 0 spiro atoms. The largest absolute Gasteiger partial charge is 0.497 e. The highest BCUT2D eigenvalue weighted by molar-refractivity contribution is 6.30. The molecule has 0 heterocycles. The average molecular weight is 376 g/mol. The number of nitrogens with one attached hydrogen (secondary N) is 2. The fourth-order valence-electron chi connectivity index (χ4n) is 2.32. The number of anilines is 2. The predicted molar refractivity (Wildman–Crippen MR) is 104 cm³/mol. The SMILES string of the molecule is CCN(CC(=O)Nc1ccc(Cl)cc1)CC(=O)Nc1cccc(OC)c1. The second kappa shape index (κ2) is 9.79. The minimum absolute atomic E-state index is 0.113. The van der Waals surface area contributed by atoms with Crippen LogP contribution in [0.15, 0.2) is 48.5 Å². The zero-order chi connectivity index (χ0) is 18.9. The first kappa shape index (κ1) is 19.8. The highest BCUT2D eigenvalue weighted by atomic mass is 35.5. The van der Waals surface area contributed by atoms with Crippen LogP contribution >= 0.6 is 11.6 Å². The van der Waals surface area contributed by atoms with Crippen LogP contribution in [0, 0.1) is 0 Å². The minimum Gasteiger partial charge on any atom is -0.497 e. The first-order valence-electron chi connectivity index (χ1n) is 8.22. The summed E-state index contributed by atoms with van der Waals surface area (Å²) in [4.78, 5) is 26.1. The number of methoxy groups -OCH3 is 1. The van der Waals surface area contributed by atoms with E-state index in [2.05, 4.69) is 10.6 Å². The summed E-state index contributed by atoms with van der Waals surface area (Å²) in [6.07, 6.45) is 0. The van der Waals surface area contributed by atoms with Crippen molar-refractivity contribution in [1.82, 2.24) is 4.90 Å². The number of benzene rings is 2. The lowest BCUT2D eigenvalue weighted by Crippen LogP contribution is -2.38. The van der Waals surface area contributed by atoms with Crippen molar-refractivity contribution in [3.8, 4) is 5.75 Å². The van der Waals surface area contributed by atoms with E-state index >= 15 is 0 Å². The molecule has 26 heavy (non-hydrogen) atoms. The molecule has 0 aliphatic rings. The number of carbonyl (C=O) groups is 2. The Kier molecular flexibility index (Phi) is 7.44. The third kappa shape index (κ3) is 6.38. The molecule has 138 valence electrons. The van der Waals surface area contributed by atoms with Crippen molar-refractivity contribution in [3.05, 3.63) is 53.6 Å². The number of hydrogen-bond acceptors (Lipinski definition) is 4. The van der Waals surface area contributed by atoms with Gasteiger partial charge < -0.3 is 15.4 Å². The molecule has 2 aromatic rings. The average Bonchev–Trinajstić information content (AvgIpc) is 2.63. The molecule has 0 saturated heterocycles. The Labute approximate surface area is 158 Å². The van der Waals surface area contributed by atoms with Gasteiger partial charge in [0.25, 0.3) is 0 Å². The van der Waals surface area contributed by atoms with Gasteiger partial charge in [-0.1, -0.05) is 24.6 Å². The van der Waals surface area contributed by atoms with E-state index < -0.39 is 0 Å². The van der Waals surface area contributed by atoms with Crippen LogP contribution in [0.3, 0.4) is 0 Å². The van der Waals surface area contributed by atoms with E-state index in [4.69, 9.17) is 16.3 Å². The van der Waals surface area contributed by atoms with Gasteiger partial charge >= 0.3 is 0 Å². The lowest BCUT2D eigenvalue weighted by atomic mass is 10.3. The van der Waals surface area contributed by atoms with Crippen molar-refractivity contribution in [3.63, 3.8) is 0 Å². The summed E-state index contributed by atoms with van der Waals surface area (Å²) in [6.45, 7) is 2.69. The molecule has 2 aromatic carbocycles. The van der Waals surface area contributed by atoms with Gasteiger partial charge in [0, 0.05) is 22.5 Å². The maximum absolute atomic E-state index is 12.2. The summed E-state index contributed by atoms with van der Waals surface area (Å²) < 4.78 is 5.13. The van der Waals surface area contributed by atoms with Crippen molar-refractivity contribution >= 4 is 34.8 Å². The van der Waals surface area contributed by atoms with E-state index in [1.165, 1.54) is 0 Å². The molecule has 0 aromatic heterocycles. The van der Waals surface area contributed by atoms with E-state index in [0.717, 1.165) is 0 Å². The number of amides is 2. The summed E-state index contributed by atoms with van der Waals surface area (Å²) in [5.74, 6) is 0.278. The summed E-state index contributed by atoms with van der Waals surface area (Å²) in [7, 11) is 1.57. The second-order valence-corrected chi connectivity index (χ2v) is 6.07. The summed E-state index contributed by atoms with van der Waals surface area (Å²) >= 11 is 5.82. The van der Waals surface area contributed by atoms with Crippen molar-refractivity contribution in [2.75, 3.05) is 37.4 Å². The fourth-order valence-corrected chi connectivity index (χ4v) is 2.45. The van der Waals surface area contributed by atoms with Gasteiger partial charge in [-0.2, -0.15) is 0 Å². The standard InChI is InChI=1S/C19H22ClN3O3/c1-3-23(12-18(24)21-15-9-7-14(20)8-10-15)13-19(25)22-16-5-4-6-17(11-16)26-2/h4-11H,3,12-13H2,1-2H3,(H,21,24)(H,22,25). The quantitative estimate of drug-likeness (QED) is 0.743. The third-order valence-corrected chi connectivity index (χ3v) is 3.92. The van der Waals surface area contributed by atoms with Crippen molar-refractivity contribution in [1.29, 1.82) is 0 Å². The molecule has 0 fully saturated rings. The highest BCUT2D eigenvalue weighted by Gasteiger charge is 2.13. The lowest BCUT2D eigenvalue weighted by molar-refractivity contribution is -0.119. The van der Waals surface area contributed by atoms with Gasteiger partial charge in [0.2, 0.25) is 11.8 Å². The summed E-state index contributed by atoms with van der Waals surface area (Å²) in [6, 6.07) is 14.0. The second-order valence-electron chi connectivity index (χ2n) is 5.64. The molecule has 7 heteroatoms. The normalized spacial score (nSPS) is 10.5. The van der Waals surface area contributed by atoms with Crippen LogP contribution in [-0.2, 0) is 9.59 Å². The summed E-state index contributed by atoms with van der Waals surface area (Å²) in [5.41, 5.74) is 1.31. The monoisotopic (exact) mass is 375 g/mol. The Morgan fingerprint density at radius 1 is 1.00 bits per heavy atom. The first-order valence-corrected chi connectivity index (χ1v) is 8.59. The maximum atomic E-state index is 12.2. The number of likely N-dealkylation sites (N-methyl/N-ethyl adjacent to an activating group) is 1. The van der Waals surface area contributed by atoms with E-state index in [-0.39, 0.29) is 24.9 Å². The van der Waals surface area contributed by atoms with Gasteiger partial charge in [-0.15, -0.1) is 0 Å². The van der Waals surface area contributed by atoms with Crippen LogP contribution in [-0.4, -0.2) is 43.5 Å². The lowest BCUT2D eigenvalue weighted by Gasteiger charge is -2.19. The fraction of sp³-hybridized carbons (Fsp3) is 0.263. The van der Waals surface area contributed by atoms with Crippen LogP contribution in [0.5, 0.6) is 5.75 Å². The van der Waals surface area contributed by atoms with E-state index in [1.54, 1.807) is 60.5 Å². The van der Waals surface area contributed by atoms with Gasteiger partial charge in [0.1, 0.15) is 5.75 Å². The smallest absolute Gasteiger partial charge is 0.238 e. The maximum Gasteiger partial charge on any atom is 0.238 e. The Morgan fingerprint density at radius 2 is 1.62 bits per heavy atom. The third-order valence-electron chi connectivity index (χ3n) is 3.66. The highest BCUT2D eigenvalue weighted by Crippen LogP contribution is 2.16. The number of rotatable bonds is 8. The molecular formula is C19H22ClN3O3. The zero-order valence-electron chi connectivity index (χ0n) is 14.8. The van der Waals surface area contributed by atoms with Crippen LogP contribution in [0.2, 0.25) is 5.02 Å².